The van der Waals surface area contributed by atoms with Crippen molar-refractivity contribution in [2.75, 3.05) is 50.4 Å². The molecule has 0 aliphatic carbocycles. The molecule has 0 N–H and O–H groups in total. The Morgan fingerprint density at radius 1 is 0.854 bits per heavy atom. The summed E-state index contributed by atoms with van der Waals surface area (Å²) in [5.74, 6) is 0.843. The van der Waals surface area contributed by atoms with E-state index in [9.17, 15) is 13.2 Å². The van der Waals surface area contributed by atoms with E-state index in [4.69, 9.17) is 4.74 Å². The van der Waals surface area contributed by atoms with Gasteiger partial charge in [-0.15, -0.1) is 0 Å². The van der Waals surface area contributed by atoms with E-state index in [1.165, 1.54) is 10.5 Å². The molecule has 0 radical (unpaired) electrons. The number of unbranched alkanes of at least 4 members (excludes halogenated alkanes) is 2. The number of sulfone groups is 1. The summed E-state index contributed by atoms with van der Waals surface area (Å²) < 4.78 is 34.4. The molecular weight excluding hydrogens is 619 g/mol. The van der Waals surface area contributed by atoms with Gasteiger partial charge in [0.1, 0.15) is 12.4 Å². The number of ether oxygens (including phenoxy) is 1. The summed E-state index contributed by atoms with van der Waals surface area (Å²) in [6.07, 6.45) is 7.39. The molecule has 7 nitrogen and oxygen atoms in total. The fourth-order valence-corrected chi connectivity index (χ4v) is 9.76. The van der Waals surface area contributed by atoms with Gasteiger partial charge in [0.2, 0.25) is 6.41 Å². The first kappa shape index (κ1) is 36.1. The van der Waals surface area contributed by atoms with Crippen LogP contribution in [0.1, 0.15) is 93.9 Å². The average Bonchev–Trinajstić information content (AvgIpc) is 3.21. The van der Waals surface area contributed by atoms with Crippen LogP contribution in [0.2, 0.25) is 0 Å². The van der Waals surface area contributed by atoms with Gasteiger partial charge in [0.05, 0.1) is 10.6 Å². The van der Waals surface area contributed by atoms with Crippen molar-refractivity contribution in [1.82, 2.24) is 9.80 Å². The second-order valence-electron chi connectivity index (χ2n) is 14.0. The summed E-state index contributed by atoms with van der Waals surface area (Å²) in [5.41, 5.74) is 4.71. The van der Waals surface area contributed by atoms with Crippen LogP contribution in [0.15, 0.2) is 71.6 Å². The van der Waals surface area contributed by atoms with E-state index in [0.29, 0.717) is 17.2 Å². The molecule has 1 fully saturated rings. The molecule has 3 aromatic carbocycles. The second-order valence-corrected chi connectivity index (χ2v) is 16.0. The number of nitrogens with zero attached hydrogens (tertiary/aromatic N) is 3. The molecule has 0 aromatic heterocycles. The van der Waals surface area contributed by atoms with E-state index in [1.54, 1.807) is 19.2 Å². The fraction of sp³-hybridized carbons (Fsp3) is 0.525. The number of carbonyl (C=O) groups is 1. The number of fused-ring (bicyclic) bond motifs is 1. The summed E-state index contributed by atoms with van der Waals surface area (Å²) in [7, 11) is -1.83. The highest BCUT2D eigenvalue weighted by atomic mass is 32.2. The first-order valence-electron chi connectivity index (χ1n) is 18.0. The number of anilines is 1. The first-order valence-corrected chi connectivity index (χ1v) is 19.6. The Kier molecular flexibility index (Phi) is 12.4. The Hall–Kier alpha value is -3.20. The third kappa shape index (κ3) is 8.87. The van der Waals surface area contributed by atoms with Gasteiger partial charge in [-0.1, -0.05) is 82.9 Å². The summed E-state index contributed by atoms with van der Waals surface area (Å²) in [6.45, 7) is 13.7. The van der Waals surface area contributed by atoms with E-state index in [-0.39, 0.29) is 17.1 Å². The van der Waals surface area contributed by atoms with E-state index in [1.807, 2.05) is 18.2 Å². The first-order chi connectivity index (χ1) is 23.2. The summed E-state index contributed by atoms with van der Waals surface area (Å²) in [4.78, 5) is 18.6. The fourth-order valence-electron chi connectivity index (χ4n) is 7.55. The largest absolute Gasteiger partial charge is 0.489 e. The lowest BCUT2D eigenvalue weighted by molar-refractivity contribution is -0.107. The Labute approximate surface area is 289 Å². The molecule has 2 aliphatic heterocycles. The molecule has 48 heavy (non-hydrogen) atoms. The lowest BCUT2D eigenvalue weighted by Crippen LogP contribution is -2.45. The van der Waals surface area contributed by atoms with Crippen molar-refractivity contribution in [2.24, 2.45) is 5.41 Å². The maximum atomic E-state index is 14.1. The molecule has 0 unspecified atom stereocenters. The van der Waals surface area contributed by atoms with Crippen molar-refractivity contribution in [2.45, 2.75) is 89.7 Å². The third-order valence-electron chi connectivity index (χ3n) is 10.6. The van der Waals surface area contributed by atoms with Crippen LogP contribution in [0.4, 0.5) is 5.69 Å². The minimum Gasteiger partial charge on any atom is -0.489 e. The van der Waals surface area contributed by atoms with Gasteiger partial charge in [0.25, 0.3) is 0 Å². The molecule has 260 valence electrons. The van der Waals surface area contributed by atoms with Crippen LogP contribution in [-0.4, -0.2) is 70.2 Å². The smallest absolute Gasteiger partial charge is 0.213 e. The van der Waals surface area contributed by atoms with Crippen molar-refractivity contribution >= 4 is 21.9 Å². The van der Waals surface area contributed by atoms with E-state index in [2.05, 4.69) is 67.0 Å². The average molecular weight is 674 g/mol. The van der Waals surface area contributed by atoms with Gasteiger partial charge in [-0.2, -0.15) is 0 Å². The number of amides is 1. The van der Waals surface area contributed by atoms with Crippen LogP contribution in [0.3, 0.4) is 0 Å². The molecule has 1 saturated heterocycles. The van der Waals surface area contributed by atoms with Gasteiger partial charge >= 0.3 is 0 Å². The van der Waals surface area contributed by atoms with Crippen molar-refractivity contribution in [3.05, 3.63) is 89.0 Å². The molecule has 0 saturated carbocycles. The lowest BCUT2D eigenvalue weighted by Gasteiger charge is -2.35. The summed E-state index contributed by atoms with van der Waals surface area (Å²) in [6, 6.07) is 22.4. The minimum absolute atomic E-state index is 0.113. The van der Waals surface area contributed by atoms with Crippen LogP contribution in [0.5, 0.6) is 5.75 Å². The summed E-state index contributed by atoms with van der Waals surface area (Å²) in [5, 5.41) is 0. The van der Waals surface area contributed by atoms with Crippen molar-refractivity contribution < 1.29 is 17.9 Å². The van der Waals surface area contributed by atoms with Gasteiger partial charge in [-0.3, -0.25) is 9.69 Å². The van der Waals surface area contributed by atoms with Gasteiger partial charge in [-0.25, -0.2) is 8.42 Å². The zero-order valence-electron chi connectivity index (χ0n) is 29.5. The SMILES string of the molecule is CCCCC1(CCCC)C[C@H](c2ccc(OCc3ccc(CN4CCN(CC)CC4)cc3)cc2)c2cc(N(C)C=O)ccc2S(=O)(=O)C1. The number of hydrogen-bond acceptors (Lipinski definition) is 6. The zero-order chi connectivity index (χ0) is 34.1. The van der Waals surface area contributed by atoms with Crippen molar-refractivity contribution in [3.8, 4) is 5.75 Å². The number of rotatable bonds is 15. The molecule has 8 heteroatoms. The van der Waals surface area contributed by atoms with Crippen LogP contribution in [0, 0.1) is 5.41 Å². The van der Waals surface area contributed by atoms with Crippen molar-refractivity contribution in [1.29, 1.82) is 0 Å². The normalized spacial score (nSPS) is 19.3. The van der Waals surface area contributed by atoms with Crippen LogP contribution < -0.4 is 9.64 Å². The molecule has 3 aromatic rings. The Balaban J connectivity index is 1.35. The molecule has 5 rings (SSSR count). The highest BCUT2D eigenvalue weighted by Gasteiger charge is 2.43. The van der Waals surface area contributed by atoms with Gasteiger partial charge in [0, 0.05) is 51.4 Å². The Morgan fingerprint density at radius 2 is 1.48 bits per heavy atom. The third-order valence-corrected chi connectivity index (χ3v) is 12.6. The van der Waals surface area contributed by atoms with Gasteiger partial charge < -0.3 is 14.5 Å². The molecular formula is C40H55N3O4S. The number of hydrogen-bond donors (Lipinski definition) is 0. The van der Waals surface area contributed by atoms with E-state index >= 15 is 0 Å². The molecule has 2 aliphatic rings. The zero-order valence-corrected chi connectivity index (χ0v) is 30.3. The number of benzene rings is 3. The predicted molar refractivity (Wildman–Crippen MR) is 196 cm³/mol. The number of likely N-dealkylation sites (N-methyl/N-ethyl adjacent to an activating group) is 1. The maximum Gasteiger partial charge on any atom is 0.213 e. The quantitative estimate of drug-likeness (QED) is 0.154. The number of piperazine rings is 1. The van der Waals surface area contributed by atoms with Gasteiger partial charge in [-0.05, 0) is 83.8 Å². The van der Waals surface area contributed by atoms with E-state index < -0.39 is 9.84 Å². The second kappa shape index (κ2) is 16.5. The molecule has 2 heterocycles. The Morgan fingerprint density at radius 3 is 2.08 bits per heavy atom. The van der Waals surface area contributed by atoms with Crippen molar-refractivity contribution in [3.63, 3.8) is 0 Å². The highest BCUT2D eigenvalue weighted by Crippen LogP contribution is 2.50. The standard InChI is InChI=1S/C40H55N3O4S/c1-5-8-20-40(21-9-6-2)27-38(37-26-35(41(4)31-44)16-19-39(37)48(45,46)30-40)34-14-17-36(18-15-34)47-29-33-12-10-32(11-13-33)28-43-24-22-42(7-3)23-25-43/h10-19,26,31,38H,5-9,20-25,27-30H2,1-4H3/t38-/m1/s1. The monoisotopic (exact) mass is 673 g/mol. The topological polar surface area (TPSA) is 70.2 Å². The summed E-state index contributed by atoms with van der Waals surface area (Å²) >= 11 is 0. The molecule has 0 bridgehead atoms. The van der Waals surface area contributed by atoms with Crippen LogP contribution in [0.25, 0.3) is 0 Å². The molecule has 1 amide bonds. The maximum absolute atomic E-state index is 14.1. The number of carbonyl (C=O) groups excluding carboxylic acids is 1. The lowest BCUT2D eigenvalue weighted by atomic mass is 9.70. The van der Waals surface area contributed by atoms with Crippen LogP contribution >= 0.6 is 0 Å². The van der Waals surface area contributed by atoms with Gasteiger partial charge in [0.15, 0.2) is 9.84 Å². The van der Waals surface area contributed by atoms with E-state index in [0.717, 1.165) is 113 Å². The molecule has 0 spiro atoms. The molecule has 1 atom stereocenters. The predicted octanol–water partition coefficient (Wildman–Crippen LogP) is 7.67. The Bertz CT molecular complexity index is 1570. The minimum atomic E-state index is -3.54. The van der Waals surface area contributed by atoms with Crippen LogP contribution in [-0.2, 0) is 27.8 Å². The highest BCUT2D eigenvalue weighted by molar-refractivity contribution is 7.91.